The number of hydrogen-bond donors (Lipinski definition) is 1. The average Bonchev–Trinajstić information content (AvgIpc) is 1.96. The molecule has 0 radical (unpaired) electrons. The van der Waals surface area contributed by atoms with Crippen LogP contribution in [0.2, 0.25) is 0 Å². The number of carbonyl (C=O) groups excluding carboxylic acids is 2. The van der Waals surface area contributed by atoms with Gasteiger partial charge in [0.15, 0.2) is 0 Å². The van der Waals surface area contributed by atoms with Gasteiger partial charge in [-0.3, -0.25) is 4.79 Å². The second-order valence-electron chi connectivity index (χ2n) is 4.38. The summed E-state index contributed by atoms with van der Waals surface area (Å²) in [6, 6.07) is -0.696. The SMILES string of the molecule is CC(=O)CC[C@@H](N)C(=O)OC(C)(C)C. The number of Topliss-reactive ketones (excluding diaryl/α,β-unsaturated/α-hetero) is 1. The summed E-state index contributed by atoms with van der Waals surface area (Å²) in [6.07, 6.45) is 0.671. The second-order valence-corrected chi connectivity index (χ2v) is 4.38. The molecule has 0 heterocycles. The summed E-state index contributed by atoms with van der Waals surface area (Å²) in [5.74, 6) is -0.414. The lowest BCUT2D eigenvalue weighted by molar-refractivity contribution is -0.156. The number of ketones is 1. The molecule has 0 aromatic carbocycles. The predicted molar refractivity (Wildman–Crippen MR) is 53.7 cm³/mol. The zero-order chi connectivity index (χ0) is 11.4. The molecule has 0 bridgehead atoms. The molecule has 0 fully saturated rings. The molecule has 0 saturated carbocycles. The number of carbonyl (C=O) groups is 2. The predicted octanol–water partition coefficient (Wildman–Crippen LogP) is 1.02. The lowest BCUT2D eigenvalue weighted by Gasteiger charge is -2.21. The molecule has 0 spiro atoms. The van der Waals surface area contributed by atoms with Gasteiger partial charge < -0.3 is 15.3 Å². The molecule has 0 aliphatic heterocycles. The number of esters is 1. The van der Waals surface area contributed by atoms with Crippen LogP contribution in [0.25, 0.3) is 0 Å². The fraction of sp³-hybridized carbons (Fsp3) is 0.800. The molecule has 14 heavy (non-hydrogen) atoms. The number of hydrogen-bond acceptors (Lipinski definition) is 4. The van der Waals surface area contributed by atoms with Crippen LogP contribution in [0, 0.1) is 0 Å². The van der Waals surface area contributed by atoms with Crippen molar-refractivity contribution in [2.45, 2.75) is 52.2 Å². The lowest BCUT2D eigenvalue weighted by atomic mass is 10.1. The summed E-state index contributed by atoms with van der Waals surface area (Å²) in [5.41, 5.74) is 5.02. The maximum absolute atomic E-state index is 11.3. The largest absolute Gasteiger partial charge is 0.459 e. The highest BCUT2D eigenvalue weighted by atomic mass is 16.6. The Morgan fingerprint density at radius 2 is 1.86 bits per heavy atom. The van der Waals surface area contributed by atoms with Crippen LogP contribution in [-0.4, -0.2) is 23.4 Å². The molecule has 0 aromatic rings. The molecule has 0 rings (SSSR count). The molecule has 2 N–H and O–H groups in total. The van der Waals surface area contributed by atoms with Crippen molar-refractivity contribution in [1.29, 1.82) is 0 Å². The van der Waals surface area contributed by atoms with Gasteiger partial charge >= 0.3 is 5.97 Å². The summed E-state index contributed by atoms with van der Waals surface area (Å²) in [4.78, 5) is 22.0. The van der Waals surface area contributed by atoms with Crippen molar-refractivity contribution >= 4 is 11.8 Å². The smallest absolute Gasteiger partial charge is 0.323 e. The van der Waals surface area contributed by atoms with Crippen LogP contribution in [0.15, 0.2) is 0 Å². The van der Waals surface area contributed by atoms with Gasteiger partial charge in [0.1, 0.15) is 17.4 Å². The Morgan fingerprint density at radius 3 is 2.21 bits per heavy atom. The lowest BCUT2D eigenvalue weighted by Crippen LogP contribution is -2.37. The van der Waals surface area contributed by atoms with Crippen molar-refractivity contribution < 1.29 is 14.3 Å². The highest BCUT2D eigenvalue weighted by Gasteiger charge is 2.21. The van der Waals surface area contributed by atoms with Gasteiger partial charge in [-0.1, -0.05) is 0 Å². The van der Waals surface area contributed by atoms with E-state index in [1.165, 1.54) is 6.92 Å². The van der Waals surface area contributed by atoms with Gasteiger partial charge in [0.05, 0.1) is 0 Å². The van der Waals surface area contributed by atoms with Crippen molar-refractivity contribution in [2.75, 3.05) is 0 Å². The standard InChI is InChI=1S/C10H19NO3/c1-7(12)5-6-8(11)9(13)14-10(2,3)4/h8H,5-6,11H2,1-4H3/t8-/m1/s1. The van der Waals surface area contributed by atoms with E-state index in [4.69, 9.17) is 10.5 Å². The van der Waals surface area contributed by atoms with Gasteiger partial charge in [-0.2, -0.15) is 0 Å². The van der Waals surface area contributed by atoms with E-state index in [1.54, 1.807) is 20.8 Å². The Balaban J connectivity index is 3.94. The minimum absolute atomic E-state index is 0.0315. The van der Waals surface area contributed by atoms with Crippen LogP contribution < -0.4 is 5.73 Å². The molecule has 82 valence electrons. The summed E-state index contributed by atoms with van der Waals surface area (Å²) in [7, 11) is 0. The molecule has 0 aromatic heterocycles. The highest BCUT2D eigenvalue weighted by molar-refractivity contribution is 5.79. The normalized spacial score (nSPS) is 13.5. The third-order valence-electron chi connectivity index (χ3n) is 1.52. The highest BCUT2D eigenvalue weighted by Crippen LogP contribution is 2.09. The van der Waals surface area contributed by atoms with Gasteiger partial charge in [-0.15, -0.1) is 0 Å². The number of rotatable bonds is 4. The first-order chi connectivity index (χ1) is 6.22. The zero-order valence-electron chi connectivity index (χ0n) is 9.29. The summed E-state index contributed by atoms with van der Waals surface area (Å²) < 4.78 is 5.06. The molecule has 4 heteroatoms. The number of nitrogens with two attached hydrogens (primary N) is 1. The van der Waals surface area contributed by atoms with Gasteiger partial charge in [0.25, 0.3) is 0 Å². The molecule has 0 amide bonds. The van der Waals surface area contributed by atoms with Crippen LogP contribution in [0.3, 0.4) is 0 Å². The molecular formula is C10H19NO3. The van der Waals surface area contributed by atoms with Gasteiger partial charge in [0.2, 0.25) is 0 Å². The monoisotopic (exact) mass is 201 g/mol. The van der Waals surface area contributed by atoms with Crippen LogP contribution >= 0.6 is 0 Å². The topological polar surface area (TPSA) is 69.4 Å². The van der Waals surface area contributed by atoms with Crippen LogP contribution in [-0.2, 0) is 14.3 Å². The maximum atomic E-state index is 11.3. The van der Waals surface area contributed by atoms with E-state index in [0.717, 1.165) is 0 Å². The van der Waals surface area contributed by atoms with Crippen molar-refractivity contribution in [1.82, 2.24) is 0 Å². The van der Waals surface area contributed by atoms with Gasteiger partial charge in [0, 0.05) is 6.42 Å². The Hall–Kier alpha value is -0.900. The molecule has 0 unspecified atom stereocenters. The van der Waals surface area contributed by atoms with Gasteiger partial charge in [-0.25, -0.2) is 0 Å². The quantitative estimate of drug-likeness (QED) is 0.689. The summed E-state index contributed by atoms with van der Waals surface area (Å²) in [6.45, 7) is 6.82. The van der Waals surface area contributed by atoms with E-state index in [2.05, 4.69) is 0 Å². The fourth-order valence-electron chi connectivity index (χ4n) is 0.854. The van der Waals surface area contributed by atoms with E-state index in [-0.39, 0.29) is 5.78 Å². The Labute approximate surface area is 84.8 Å². The first-order valence-electron chi connectivity index (χ1n) is 4.70. The Bertz CT molecular complexity index is 218. The summed E-state index contributed by atoms with van der Waals surface area (Å²) in [5, 5.41) is 0. The minimum Gasteiger partial charge on any atom is -0.459 e. The Morgan fingerprint density at radius 1 is 1.36 bits per heavy atom. The van der Waals surface area contributed by atoms with Crippen LogP contribution in [0.5, 0.6) is 0 Å². The molecular weight excluding hydrogens is 182 g/mol. The minimum atomic E-state index is -0.696. The van der Waals surface area contributed by atoms with Crippen molar-refractivity contribution in [3.63, 3.8) is 0 Å². The number of ether oxygens (including phenoxy) is 1. The van der Waals surface area contributed by atoms with E-state index >= 15 is 0 Å². The van der Waals surface area contributed by atoms with E-state index < -0.39 is 17.6 Å². The molecule has 0 aliphatic rings. The van der Waals surface area contributed by atoms with E-state index in [0.29, 0.717) is 12.8 Å². The molecule has 1 atom stereocenters. The zero-order valence-corrected chi connectivity index (χ0v) is 9.29. The first kappa shape index (κ1) is 13.1. The molecule has 0 aliphatic carbocycles. The first-order valence-corrected chi connectivity index (χ1v) is 4.70. The average molecular weight is 201 g/mol. The van der Waals surface area contributed by atoms with Crippen LogP contribution in [0.4, 0.5) is 0 Å². The second kappa shape index (κ2) is 5.10. The van der Waals surface area contributed by atoms with Crippen molar-refractivity contribution in [2.24, 2.45) is 5.73 Å². The maximum Gasteiger partial charge on any atom is 0.323 e. The molecule has 4 nitrogen and oxygen atoms in total. The van der Waals surface area contributed by atoms with Crippen molar-refractivity contribution in [3.8, 4) is 0 Å². The van der Waals surface area contributed by atoms with Gasteiger partial charge in [-0.05, 0) is 34.1 Å². The molecule has 0 saturated heterocycles. The summed E-state index contributed by atoms with van der Waals surface area (Å²) >= 11 is 0. The van der Waals surface area contributed by atoms with Crippen LogP contribution in [0.1, 0.15) is 40.5 Å². The third kappa shape index (κ3) is 6.60. The Kier molecular flexibility index (Phi) is 4.77. The van der Waals surface area contributed by atoms with E-state index in [1.807, 2.05) is 0 Å². The van der Waals surface area contributed by atoms with Crippen molar-refractivity contribution in [3.05, 3.63) is 0 Å². The van der Waals surface area contributed by atoms with E-state index in [9.17, 15) is 9.59 Å². The fourth-order valence-corrected chi connectivity index (χ4v) is 0.854. The third-order valence-corrected chi connectivity index (χ3v) is 1.52.